The molecule has 1 aliphatic carbocycles. The monoisotopic (exact) mass is 359 g/mol. The topological polar surface area (TPSA) is 87.3 Å². The van der Waals surface area contributed by atoms with Gasteiger partial charge in [-0.25, -0.2) is 13.1 Å². The van der Waals surface area contributed by atoms with Crippen LogP contribution < -0.4 is 15.4 Å². The number of amides is 1. The van der Waals surface area contributed by atoms with E-state index in [4.69, 9.17) is 0 Å². The van der Waals surface area contributed by atoms with Crippen LogP contribution in [-0.2, 0) is 10.0 Å². The molecule has 3 N–H and O–H groups in total. The fraction of sp³-hybridized carbons (Fsp3) is 0.533. The van der Waals surface area contributed by atoms with E-state index < -0.39 is 10.0 Å². The molecule has 1 heterocycles. The highest BCUT2D eigenvalue weighted by Gasteiger charge is 2.28. The standard InChI is InChI=1S/C15H21N3O3S.ClH/c19-15(17-13-2-1-9-16-10-13)11-3-7-14(8-4-11)22(20,21)18-12-5-6-12;/h3-4,7-8,12-13,16,18H,1-2,5-6,9-10H2,(H,17,19);1H. The van der Waals surface area contributed by atoms with Gasteiger partial charge in [-0.1, -0.05) is 0 Å². The Morgan fingerprint density at radius 2 is 1.78 bits per heavy atom. The van der Waals surface area contributed by atoms with Crippen LogP contribution in [0.3, 0.4) is 0 Å². The molecule has 0 radical (unpaired) electrons. The molecule has 8 heteroatoms. The number of nitrogens with one attached hydrogen (secondary N) is 3. The summed E-state index contributed by atoms with van der Waals surface area (Å²) < 4.78 is 26.7. The molecule has 1 unspecified atom stereocenters. The summed E-state index contributed by atoms with van der Waals surface area (Å²) in [6.07, 6.45) is 3.82. The van der Waals surface area contributed by atoms with Gasteiger partial charge >= 0.3 is 0 Å². The van der Waals surface area contributed by atoms with Gasteiger partial charge < -0.3 is 10.6 Å². The van der Waals surface area contributed by atoms with Crippen LogP contribution in [0.15, 0.2) is 29.2 Å². The highest BCUT2D eigenvalue weighted by Crippen LogP contribution is 2.22. The van der Waals surface area contributed by atoms with Crippen molar-refractivity contribution in [3.63, 3.8) is 0 Å². The lowest BCUT2D eigenvalue weighted by Crippen LogP contribution is -2.45. The van der Waals surface area contributed by atoms with E-state index in [0.29, 0.717) is 5.56 Å². The number of hydrogen-bond donors (Lipinski definition) is 3. The van der Waals surface area contributed by atoms with E-state index in [1.54, 1.807) is 12.1 Å². The fourth-order valence-electron chi connectivity index (χ4n) is 2.52. The predicted octanol–water partition coefficient (Wildman–Crippen LogP) is 1.03. The van der Waals surface area contributed by atoms with Crippen molar-refractivity contribution < 1.29 is 13.2 Å². The number of hydrogen-bond acceptors (Lipinski definition) is 4. The second-order valence-corrected chi connectivity index (χ2v) is 7.65. The minimum atomic E-state index is -3.46. The third-order valence-corrected chi connectivity index (χ3v) is 5.49. The van der Waals surface area contributed by atoms with E-state index in [9.17, 15) is 13.2 Å². The van der Waals surface area contributed by atoms with Gasteiger partial charge in [0.1, 0.15) is 0 Å². The van der Waals surface area contributed by atoms with Gasteiger partial charge in [-0.2, -0.15) is 0 Å². The normalized spacial score (nSPS) is 21.3. The SMILES string of the molecule is Cl.O=C(NC1CCCNC1)c1ccc(S(=O)(=O)NC2CC2)cc1. The molecule has 23 heavy (non-hydrogen) atoms. The zero-order chi connectivity index (χ0) is 15.6. The highest BCUT2D eigenvalue weighted by molar-refractivity contribution is 7.89. The van der Waals surface area contributed by atoms with Gasteiger partial charge in [0.05, 0.1) is 4.90 Å². The van der Waals surface area contributed by atoms with E-state index in [0.717, 1.165) is 38.8 Å². The molecule has 2 fully saturated rings. The van der Waals surface area contributed by atoms with Crippen molar-refractivity contribution in [3.8, 4) is 0 Å². The Morgan fingerprint density at radius 3 is 2.35 bits per heavy atom. The largest absolute Gasteiger partial charge is 0.348 e. The van der Waals surface area contributed by atoms with Crippen molar-refractivity contribution in [2.45, 2.75) is 42.7 Å². The van der Waals surface area contributed by atoms with Gasteiger partial charge in [-0.3, -0.25) is 4.79 Å². The lowest BCUT2D eigenvalue weighted by atomic mass is 10.1. The molecular formula is C15H22ClN3O3S. The molecule has 1 aromatic carbocycles. The van der Waals surface area contributed by atoms with Crippen molar-refractivity contribution in [1.82, 2.24) is 15.4 Å². The summed E-state index contributed by atoms with van der Waals surface area (Å²) in [5.74, 6) is -0.159. The second-order valence-electron chi connectivity index (χ2n) is 5.94. The number of benzene rings is 1. The smallest absolute Gasteiger partial charge is 0.251 e. The molecule has 128 valence electrons. The molecule has 1 saturated carbocycles. The van der Waals surface area contributed by atoms with Crippen molar-refractivity contribution in [2.75, 3.05) is 13.1 Å². The average Bonchev–Trinajstić information content (AvgIpc) is 3.32. The number of piperidine rings is 1. The molecule has 2 aliphatic rings. The summed E-state index contributed by atoms with van der Waals surface area (Å²) in [7, 11) is -3.46. The van der Waals surface area contributed by atoms with Gasteiger partial charge in [0.2, 0.25) is 10.0 Å². The molecule has 0 bridgehead atoms. The molecular weight excluding hydrogens is 338 g/mol. The Bertz CT molecular complexity index is 638. The molecule has 6 nitrogen and oxygen atoms in total. The molecule has 1 saturated heterocycles. The van der Waals surface area contributed by atoms with Crippen LogP contribution in [0.25, 0.3) is 0 Å². The molecule has 1 amide bonds. The molecule has 1 aliphatic heterocycles. The Balaban J connectivity index is 0.00000192. The highest BCUT2D eigenvalue weighted by atomic mass is 35.5. The minimum Gasteiger partial charge on any atom is -0.348 e. The van der Waals surface area contributed by atoms with Crippen LogP contribution in [0.1, 0.15) is 36.0 Å². The Labute approximate surface area is 142 Å². The van der Waals surface area contributed by atoms with Gasteiger partial charge in [0.25, 0.3) is 5.91 Å². The van der Waals surface area contributed by atoms with Crippen LogP contribution in [-0.4, -0.2) is 39.5 Å². The first kappa shape index (κ1) is 18.2. The van der Waals surface area contributed by atoms with Gasteiger partial charge in [0, 0.05) is 24.2 Å². The van der Waals surface area contributed by atoms with Gasteiger partial charge in [-0.15, -0.1) is 12.4 Å². The van der Waals surface area contributed by atoms with E-state index in [1.807, 2.05) is 0 Å². The maximum absolute atomic E-state index is 12.2. The number of halogens is 1. The average molecular weight is 360 g/mol. The van der Waals surface area contributed by atoms with Crippen LogP contribution in [0, 0.1) is 0 Å². The van der Waals surface area contributed by atoms with E-state index in [2.05, 4.69) is 15.4 Å². The summed E-state index contributed by atoms with van der Waals surface area (Å²) >= 11 is 0. The molecule has 0 aromatic heterocycles. The molecule has 3 rings (SSSR count). The van der Waals surface area contributed by atoms with E-state index in [1.165, 1.54) is 12.1 Å². The van der Waals surface area contributed by atoms with E-state index in [-0.39, 0.29) is 35.3 Å². The van der Waals surface area contributed by atoms with Crippen LogP contribution in [0.5, 0.6) is 0 Å². The Hall–Kier alpha value is -1.15. The number of sulfonamides is 1. The second kappa shape index (κ2) is 7.61. The van der Waals surface area contributed by atoms with Crippen LogP contribution in [0.2, 0.25) is 0 Å². The van der Waals surface area contributed by atoms with Crippen LogP contribution >= 0.6 is 12.4 Å². The quantitative estimate of drug-likeness (QED) is 0.732. The zero-order valence-electron chi connectivity index (χ0n) is 12.7. The maximum Gasteiger partial charge on any atom is 0.251 e. The number of carbonyl (C=O) groups excluding carboxylic acids is 1. The molecule has 0 spiro atoms. The number of carbonyl (C=O) groups is 1. The summed E-state index contributed by atoms with van der Waals surface area (Å²) in [6, 6.07) is 6.31. The summed E-state index contributed by atoms with van der Waals surface area (Å²) in [6.45, 7) is 1.77. The maximum atomic E-state index is 12.2. The third kappa shape index (κ3) is 4.91. The van der Waals surface area contributed by atoms with Crippen LogP contribution in [0.4, 0.5) is 0 Å². The Morgan fingerprint density at radius 1 is 1.09 bits per heavy atom. The molecule has 1 aromatic rings. The first-order chi connectivity index (χ1) is 10.5. The van der Waals surface area contributed by atoms with Crippen molar-refractivity contribution in [3.05, 3.63) is 29.8 Å². The minimum absolute atomic E-state index is 0. The fourth-order valence-corrected chi connectivity index (χ4v) is 3.82. The third-order valence-electron chi connectivity index (χ3n) is 3.96. The van der Waals surface area contributed by atoms with Crippen molar-refractivity contribution in [1.29, 1.82) is 0 Å². The molecule has 1 atom stereocenters. The van der Waals surface area contributed by atoms with Gasteiger partial charge in [0.15, 0.2) is 0 Å². The Kier molecular flexibility index (Phi) is 6.02. The predicted molar refractivity (Wildman–Crippen MR) is 90.4 cm³/mol. The van der Waals surface area contributed by atoms with E-state index >= 15 is 0 Å². The summed E-state index contributed by atoms with van der Waals surface area (Å²) in [5, 5.41) is 6.21. The van der Waals surface area contributed by atoms with Crippen molar-refractivity contribution >= 4 is 28.3 Å². The summed E-state index contributed by atoms with van der Waals surface area (Å²) in [5.41, 5.74) is 0.482. The lowest BCUT2D eigenvalue weighted by Gasteiger charge is -2.23. The first-order valence-electron chi connectivity index (χ1n) is 7.68. The summed E-state index contributed by atoms with van der Waals surface area (Å²) in [4.78, 5) is 12.4. The number of rotatable bonds is 5. The van der Waals surface area contributed by atoms with Crippen molar-refractivity contribution in [2.24, 2.45) is 0 Å². The lowest BCUT2D eigenvalue weighted by molar-refractivity contribution is 0.0930. The first-order valence-corrected chi connectivity index (χ1v) is 9.17. The van der Waals surface area contributed by atoms with Gasteiger partial charge in [-0.05, 0) is 56.5 Å². The zero-order valence-corrected chi connectivity index (χ0v) is 14.4.